The molecule has 0 saturated carbocycles. The summed E-state index contributed by atoms with van der Waals surface area (Å²) in [7, 11) is -1.81. The molecule has 1 aromatic rings. The van der Waals surface area contributed by atoms with Crippen LogP contribution in [0.15, 0.2) is 29.2 Å². The Bertz CT molecular complexity index is 699. The second kappa shape index (κ2) is 9.28. The molecule has 0 radical (unpaired) electrons. The van der Waals surface area contributed by atoms with Crippen molar-refractivity contribution >= 4 is 34.1 Å². The number of Topliss-reactive ketones (excluding diaryl/α,β-unsaturated/α-hetero) is 1. The fourth-order valence-electron chi connectivity index (χ4n) is 2.58. The SMILES string of the molecule is CNCCC(=O)N1CCN(S(=O)(=O)c2ccc(C(C)=O)cc2)CC1.Cl. The number of carbonyl (C=O) groups excluding carboxylic acids is 2. The van der Waals surface area contributed by atoms with Crippen molar-refractivity contribution in [2.75, 3.05) is 39.8 Å². The van der Waals surface area contributed by atoms with E-state index in [4.69, 9.17) is 0 Å². The fraction of sp³-hybridized carbons (Fsp3) is 0.500. The molecule has 1 aliphatic heterocycles. The summed E-state index contributed by atoms with van der Waals surface area (Å²) in [6.45, 7) is 3.40. The normalized spacial score (nSPS) is 15.5. The molecule has 0 aromatic heterocycles. The van der Waals surface area contributed by atoms with Crippen LogP contribution in [0.1, 0.15) is 23.7 Å². The van der Waals surface area contributed by atoms with Crippen molar-refractivity contribution in [3.05, 3.63) is 29.8 Å². The van der Waals surface area contributed by atoms with Gasteiger partial charge in [-0.1, -0.05) is 12.1 Å². The molecule has 0 bridgehead atoms. The Morgan fingerprint density at radius 2 is 1.64 bits per heavy atom. The molecule has 0 spiro atoms. The Morgan fingerprint density at radius 3 is 2.12 bits per heavy atom. The van der Waals surface area contributed by atoms with E-state index in [9.17, 15) is 18.0 Å². The molecule has 25 heavy (non-hydrogen) atoms. The molecular formula is C16H24ClN3O4S. The zero-order valence-corrected chi connectivity index (χ0v) is 16.0. The Labute approximate surface area is 154 Å². The Morgan fingerprint density at radius 1 is 1.08 bits per heavy atom. The van der Waals surface area contributed by atoms with Gasteiger partial charge in [-0.2, -0.15) is 4.31 Å². The molecular weight excluding hydrogens is 366 g/mol. The minimum Gasteiger partial charge on any atom is -0.340 e. The van der Waals surface area contributed by atoms with Crippen molar-refractivity contribution in [2.45, 2.75) is 18.2 Å². The molecule has 1 aliphatic rings. The first-order chi connectivity index (χ1) is 11.4. The van der Waals surface area contributed by atoms with E-state index in [-0.39, 0.29) is 42.1 Å². The zero-order chi connectivity index (χ0) is 17.7. The summed E-state index contributed by atoms with van der Waals surface area (Å²) in [5.74, 6) is -0.0696. The molecule has 1 N–H and O–H groups in total. The number of benzene rings is 1. The smallest absolute Gasteiger partial charge is 0.243 e. The van der Waals surface area contributed by atoms with Gasteiger partial charge in [-0.15, -0.1) is 12.4 Å². The van der Waals surface area contributed by atoms with Crippen LogP contribution in [0.3, 0.4) is 0 Å². The Hall–Kier alpha value is -1.48. The van der Waals surface area contributed by atoms with Crippen LogP contribution >= 0.6 is 12.4 Å². The van der Waals surface area contributed by atoms with Gasteiger partial charge in [0.1, 0.15) is 0 Å². The van der Waals surface area contributed by atoms with Gasteiger partial charge in [-0.25, -0.2) is 8.42 Å². The predicted octanol–water partition coefficient (Wildman–Crippen LogP) is 0.753. The van der Waals surface area contributed by atoms with Gasteiger partial charge in [0, 0.05) is 44.7 Å². The van der Waals surface area contributed by atoms with Gasteiger partial charge in [0.25, 0.3) is 0 Å². The van der Waals surface area contributed by atoms with Crippen LogP contribution in [-0.2, 0) is 14.8 Å². The number of nitrogens with zero attached hydrogens (tertiary/aromatic N) is 2. The minimum absolute atomic E-state index is 0. The summed E-state index contributed by atoms with van der Waals surface area (Å²) in [6.07, 6.45) is 0.412. The van der Waals surface area contributed by atoms with Gasteiger partial charge in [-0.05, 0) is 26.1 Å². The summed E-state index contributed by atoms with van der Waals surface area (Å²) in [5.41, 5.74) is 0.480. The predicted molar refractivity (Wildman–Crippen MR) is 97.6 cm³/mol. The molecule has 9 heteroatoms. The number of amides is 1. The van der Waals surface area contributed by atoms with Gasteiger partial charge in [0.05, 0.1) is 4.90 Å². The molecule has 7 nitrogen and oxygen atoms in total. The summed E-state index contributed by atoms with van der Waals surface area (Å²) >= 11 is 0. The van der Waals surface area contributed by atoms with Crippen LogP contribution in [0.2, 0.25) is 0 Å². The molecule has 1 aromatic carbocycles. The Balaban J connectivity index is 0.00000312. The minimum atomic E-state index is -3.60. The number of sulfonamides is 1. The highest BCUT2D eigenvalue weighted by atomic mass is 35.5. The van der Waals surface area contributed by atoms with Crippen LogP contribution < -0.4 is 5.32 Å². The molecule has 1 fully saturated rings. The average Bonchev–Trinajstić information content (AvgIpc) is 2.59. The van der Waals surface area contributed by atoms with Crippen LogP contribution in [0.5, 0.6) is 0 Å². The standard InChI is InChI=1S/C16H23N3O4S.ClH/c1-13(20)14-3-5-15(6-4-14)24(22,23)19-11-9-18(10-12-19)16(21)7-8-17-2;/h3-6,17H,7-12H2,1-2H3;1H. The first-order valence-corrected chi connectivity index (χ1v) is 9.34. The van der Waals surface area contributed by atoms with E-state index >= 15 is 0 Å². The third-order valence-corrected chi connectivity index (χ3v) is 5.99. The van der Waals surface area contributed by atoms with Gasteiger partial charge >= 0.3 is 0 Å². The molecule has 0 atom stereocenters. The summed E-state index contributed by atoms with van der Waals surface area (Å²) in [4.78, 5) is 25.1. The molecule has 2 rings (SSSR count). The van der Waals surface area contributed by atoms with Crippen LogP contribution in [0, 0.1) is 0 Å². The molecule has 0 aliphatic carbocycles. The van der Waals surface area contributed by atoms with E-state index in [1.54, 1.807) is 11.9 Å². The van der Waals surface area contributed by atoms with Crippen molar-refractivity contribution in [2.24, 2.45) is 0 Å². The van der Waals surface area contributed by atoms with E-state index in [1.807, 2.05) is 0 Å². The number of nitrogens with one attached hydrogen (secondary N) is 1. The quantitative estimate of drug-likeness (QED) is 0.725. The van der Waals surface area contributed by atoms with Crippen LogP contribution in [0.4, 0.5) is 0 Å². The van der Waals surface area contributed by atoms with Crippen molar-refractivity contribution in [3.63, 3.8) is 0 Å². The van der Waals surface area contributed by atoms with Gasteiger partial charge in [0.15, 0.2) is 5.78 Å². The highest BCUT2D eigenvalue weighted by Crippen LogP contribution is 2.18. The highest BCUT2D eigenvalue weighted by Gasteiger charge is 2.29. The lowest BCUT2D eigenvalue weighted by molar-refractivity contribution is -0.132. The summed E-state index contributed by atoms with van der Waals surface area (Å²) in [5, 5.41) is 2.93. The van der Waals surface area contributed by atoms with Crippen LogP contribution in [-0.4, -0.2) is 69.1 Å². The number of carbonyl (C=O) groups is 2. The largest absolute Gasteiger partial charge is 0.340 e. The van der Waals surface area contributed by atoms with Crippen molar-refractivity contribution < 1.29 is 18.0 Å². The maximum Gasteiger partial charge on any atom is 0.243 e. The number of piperazine rings is 1. The van der Waals surface area contributed by atoms with Gasteiger partial charge in [-0.3, -0.25) is 9.59 Å². The van der Waals surface area contributed by atoms with Crippen LogP contribution in [0.25, 0.3) is 0 Å². The van der Waals surface area contributed by atoms with E-state index in [0.717, 1.165) is 0 Å². The number of halogens is 1. The topological polar surface area (TPSA) is 86.8 Å². The summed E-state index contributed by atoms with van der Waals surface area (Å²) in [6, 6.07) is 5.95. The van der Waals surface area contributed by atoms with Gasteiger partial charge in [0.2, 0.25) is 15.9 Å². The molecule has 140 valence electrons. The maximum atomic E-state index is 12.6. The lowest BCUT2D eigenvalue weighted by atomic mass is 10.2. The third kappa shape index (κ3) is 5.24. The number of rotatable bonds is 6. The molecule has 0 unspecified atom stereocenters. The van der Waals surface area contributed by atoms with E-state index in [0.29, 0.717) is 31.6 Å². The van der Waals surface area contributed by atoms with Crippen molar-refractivity contribution in [1.82, 2.24) is 14.5 Å². The fourth-order valence-corrected chi connectivity index (χ4v) is 4.00. The third-order valence-electron chi connectivity index (χ3n) is 4.08. The van der Waals surface area contributed by atoms with Crippen molar-refractivity contribution in [3.8, 4) is 0 Å². The first kappa shape index (κ1) is 21.6. The second-order valence-electron chi connectivity index (χ2n) is 5.72. The Kier molecular flexibility index (Phi) is 8.01. The zero-order valence-electron chi connectivity index (χ0n) is 14.4. The highest BCUT2D eigenvalue weighted by molar-refractivity contribution is 7.89. The molecule has 1 amide bonds. The lowest BCUT2D eigenvalue weighted by Crippen LogP contribution is -2.50. The second-order valence-corrected chi connectivity index (χ2v) is 7.66. The van der Waals surface area contributed by atoms with E-state index in [1.165, 1.54) is 35.5 Å². The monoisotopic (exact) mass is 389 g/mol. The van der Waals surface area contributed by atoms with E-state index in [2.05, 4.69) is 5.32 Å². The average molecular weight is 390 g/mol. The molecule has 1 heterocycles. The summed E-state index contributed by atoms with van der Waals surface area (Å²) < 4.78 is 26.7. The van der Waals surface area contributed by atoms with E-state index < -0.39 is 10.0 Å². The van der Waals surface area contributed by atoms with Crippen molar-refractivity contribution in [1.29, 1.82) is 0 Å². The number of hydrogen-bond donors (Lipinski definition) is 1. The number of hydrogen-bond acceptors (Lipinski definition) is 5. The number of ketones is 1. The maximum absolute atomic E-state index is 12.6. The van der Waals surface area contributed by atoms with Gasteiger partial charge < -0.3 is 10.2 Å². The first-order valence-electron chi connectivity index (χ1n) is 7.90. The lowest BCUT2D eigenvalue weighted by Gasteiger charge is -2.34. The molecule has 1 saturated heterocycles.